The highest BCUT2D eigenvalue weighted by atomic mass is 16.5. The molecule has 0 N–H and O–H groups in total. The lowest BCUT2D eigenvalue weighted by Gasteiger charge is -2.04. The smallest absolute Gasteiger partial charge is 0.210 e. The van der Waals surface area contributed by atoms with Gasteiger partial charge in [0.05, 0.1) is 12.0 Å². The van der Waals surface area contributed by atoms with Gasteiger partial charge in [-0.3, -0.25) is 4.79 Å². The van der Waals surface area contributed by atoms with E-state index in [1.807, 2.05) is 6.92 Å². The molecule has 0 spiro atoms. The minimum absolute atomic E-state index is 0.0136. The predicted molar refractivity (Wildman–Crippen MR) is 63.0 cm³/mol. The Bertz CT molecular complexity index is 637. The number of benzene rings is 1. The zero-order chi connectivity index (χ0) is 12.3. The summed E-state index contributed by atoms with van der Waals surface area (Å²) >= 11 is 0. The van der Waals surface area contributed by atoms with Crippen molar-refractivity contribution in [2.45, 2.75) is 13.3 Å². The number of hydrogen-bond acceptors (Lipinski definition) is 4. The summed E-state index contributed by atoms with van der Waals surface area (Å²) in [7, 11) is 0. The van der Waals surface area contributed by atoms with Gasteiger partial charge in [-0.15, -0.1) is 0 Å². The van der Waals surface area contributed by atoms with Crippen molar-refractivity contribution in [2.75, 3.05) is 6.61 Å². The molecule has 0 saturated heterocycles. The van der Waals surface area contributed by atoms with E-state index in [4.69, 9.17) is 14.4 Å². The van der Waals surface area contributed by atoms with Crippen molar-refractivity contribution in [1.29, 1.82) is 5.26 Å². The lowest BCUT2D eigenvalue weighted by atomic mass is 10.2. The van der Waals surface area contributed by atoms with Crippen LogP contribution in [0.5, 0.6) is 5.75 Å². The van der Waals surface area contributed by atoms with Crippen LogP contribution in [0.25, 0.3) is 11.0 Å². The molecule has 0 bridgehead atoms. The highest BCUT2D eigenvalue weighted by molar-refractivity contribution is 5.78. The Morgan fingerprint density at radius 3 is 3.00 bits per heavy atom. The van der Waals surface area contributed by atoms with Crippen molar-refractivity contribution in [3.05, 3.63) is 40.2 Å². The number of fused-ring (bicyclic) bond motifs is 1. The van der Waals surface area contributed by atoms with E-state index < -0.39 is 0 Å². The summed E-state index contributed by atoms with van der Waals surface area (Å²) in [5.41, 5.74) is 0.137. The average molecular weight is 229 g/mol. The van der Waals surface area contributed by atoms with Crippen molar-refractivity contribution in [3.8, 4) is 11.8 Å². The van der Waals surface area contributed by atoms with Crippen molar-refractivity contribution < 1.29 is 9.15 Å². The molecule has 0 radical (unpaired) electrons. The maximum absolute atomic E-state index is 11.8. The molecular formula is C13H11NO3. The molecule has 0 aliphatic rings. The van der Waals surface area contributed by atoms with Crippen LogP contribution in [0.15, 0.2) is 33.7 Å². The lowest BCUT2D eigenvalue weighted by molar-refractivity contribution is 0.317. The third-order valence-electron chi connectivity index (χ3n) is 2.34. The fourth-order valence-corrected chi connectivity index (χ4v) is 1.50. The third-order valence-corrected chi connectivity index (χ3v) is 2.34. The van der Waals surface area contributed by atoms with Crippen LogP contribution in [0.3, 0.4) is 0 Å². The summed E-state index contributed by atoms with van der Waals surface area (Å²) in [6.07, 6.45) is 2.09. The zero-order valence-corrected chi connectivity index (χ0v) is 9.40. The highest BCUT2D eigenvalue weighted by Crippen LogP contribution is 2.19. The predicted octanol–water partition coefficient (Wildman–Crippen LogP) is 2.45. The summed E-state index contributed by atoms with van der Waals surface area (Å²) in [6, 6.07) is 6.78. The molecule has 4 heteroatoms. The summed E-state index contributed by atoms with van der Waals surface area (Å²) in [5, 5.41) is 9.11. The molecule has 1 aromatic heterocycles. The molecule has 0 saturated carbocycles. The topological polar surface area (TPSA) is 63.2 Å². The number of nitrogens with zero attached hydrogens (tertiary/aromatic N) is 1. The summed E-state index contributed by atoms with van der Waals surface area (Å²) in [6.45, 7) is 2.63. The largest absolute Gasteiger partial charge is 0.493 e. The van der Waals surface area contributed by atoms with Crippen LogP contribution in [-0.4, -0.2) is 6.61 Å². The van der Waals surface area contributed by atoms with Gasteiger partial charge >= 0.3 is 0 Å². The molecule has 1 aromatic carbocycles. The Morgan fingerprint density at radius 2 is 2.29 bits per heavy atom. The van der Waals surface area contributed by atoms with E-state index in [-0.39, 0.29) is 11.0 Å². The molecule has 4 nitrogen and oxygen atoms in total. The van der Waals surface area contributed by atoms with E-state index in [9.17, 15) is 4.79 Å². The van der Waals surface area contributed by atoms with Crippen LogP contribution >= 0.6 is 0 Å². The Kier molecular flexibility index (Phi) is 3.10. The zero-order valence-electron chi connectivity index (χ0n) is 9.40. The maximum atomic E-state index is 11.8. The molecule has 0 aliphatic heterocycles. The number of rotatable bonds is 3. The van der Waals surface area contributed by atoms with Gasteiger partial charge in [0.15, 0.2) is 0 Å². The molecule has 0 amide bonds. The van der Waals surface area contributed by atoms with E-state index in [0.29, 0.717) is 23.3 Å². The number of nitriles is 1. The second-order valence-electron chi connectivity index (χ2n) is 3.60. The Hall–Kier alpha value is -2.28. The normalized spacial score (nSPS) is 10.1. The van der Waals surface area contributed by atoms with Crippen LogP contribution in [0.2, 0.25) is 0 Å². The van der Waals surface area contributed by atoms with Gasteiger partial charge in [-0.1, -0.05) is 6.92 Å². The first-order chi connectivity index (χ1) is 8.26. The molecule has 86 valence electrons. The first-order valence-electron chi connectivity index (χ1n) is 5.34. The summed E-state index contributed by atoms with van der Waals surface area (Å²) in [4.78, 5) is 11.8. The summed E-state index contributed by atoms with van der Waals surface area (Å²) in [5.74, 6) is 0.659. The number of hydrogen-bond donors (Lipinski definition) is 0. The van der Waals surface area contributed by atoms with Gasteiger partial charge in [0, 0.05) is 6.07 Å². The van der Waals surface area contributed by atoms with E-state index in [2.05, 4.69) is 0 Å². The van der Waals surface area contributed by atoms with Gasteiger partial charge in [0.2, 0.25) is 5.43 Å². The second kappa shape index (κ2) is 4.71. The van der Waals surface area contributed by atoms with Gasteiger partial charge < -0.3 is 9.15 Å². The van der Waals surface area contributed by atoms with Crippen LogP contribution in [-0.2, 0) is 0 Å². The first-order valence-corrected chi connectivity index (χ1v) is 5.34. The Labute approximate surface area is 98.0 Å². The molecular weight excluding hydrogens is 218 g/mol. The molecule has 0 aliphatic carbocycles. The fourth-order valence-electron chi connectivity index (χ4n) is 1.50. The maximum Gasteiger partial charge on any atom is 0.210 e. The number of ether oxygens (including phenoxy) is 1. The van der Waals surface area contributed by atoms with E-state index in [1.54, 1.807) is 24.3 Å². The van der Waals surface area contributed by atoms with Gasteiger partial charge in [-0.25, -0.2) is 0 Å². The molecule has 0 atom stereocenters. The van der Waals surface area contributed by atoms with Crippen LogP contribution in [0.4, 0.5) is 0 Å². The van der Waals surface area contributed by atoms with Gasteiger partial charge in [-0.2, -0.15) is 5.26 Å². The van der Waals surface area contributed by atoms with Gasteiger partial charge in [-0.05, 0) is 18.6 Å². The molecule has 17 heavy (non-hydrogen) atoms. The minimum Gasteiger partial charge on any atom is -0.493 e. The Balaban J connectivity index is 2.51. The van der Waals surface area contributed by atoms with Gasteiger partial charge in [0.25, 0.3) is 0 Å². The monoisotopic (exact) mass is 229 g/mol. The van der Waals surface area contributed by atoms with E-state index in [0.717, 1.165) is 6.42 Å². The second-order valence-corrected chi connectivity index (χ2v) is 3.60. The Morgan fingerprint density at radius 1 is 1.47 bits per heavy atom. The van der Waals surface area contributed by atoms with Crippen LogP contribution in [0.1, 0.15) is 18.9 Å². The molecule has 2 aromatic rings. The molecule has 1 heterocycles. The van der Waals surface area contributed by atoms with Crippen molar-refractivity contribution in [2.24, 2.45) is 0 Å². The van der Waals surface area contributed by atoms with Gasteiger partial charge in [0.1, 0.15) is 29.2 Å². The third kappa shape index (κ3) is 2.13. The molecule has 0 fully saturated rings. The van der Waals surface area contributed by atoms with Crippen molar-refractivity contribution >= 4 is 11.0 Å². The summed E-state index contributed by atoms with van der Waals surface area (Å²) < 4.78 is 10.7. The first kappa shape index (κ1) is 11.2. The standard InChI is InChI=1S/C13H11NO3/c1-2-5-16-10-3-4-11-12(6-10)17-8-9(7-14)13(11)15/h3-4,6,8H,2,5H2,1H3. The van der Waals surface area contributed by atoms with E-state index in [1.165, 1.54) is 6.26 Å². The fraction of sp³-hybridized carbons (Fsp3) is 0.231. The quantitative estimate of drug-likeness (QED) is 0.810. The lowest BCUT2D eigenvalue weighted by Crippen LogP contribution is -2.05. The minimum atomic E-state index is -0.309. The average Bonchev–Trinajstić information content (AvgIpc) is 2.37. The molecule has 2 rings (SSSR count). The van der Waals surface area contributed by atoms with Crippen molar-refractivity contribution in [1.82, 2.24) is 0 Å². The van der Waals surface area contributed by atoms with Crippen LogP contribution in [0, 0.1) is 11.3 Å². The van der Waals surface area contributed by atoms with Crippen molar-refractivity contribution in [3.63, 3.8) is 0 Å². The van der Waals surface area contributed by atoms with E-state index >= 15 is 0 Å². The highest BCUT2D eigenvalue weighted by Gasteiger charge is 2.07. The SMILES string of the molecule is CCCOc1ccc2c(=O)c(C#N)coc2c1. The van der Waals surface area contributed by atoms with Crippen LogP contribution < -0.4 is 10.2 Å². The molecule has 0 unspecified atom stereocenters.